The monoisotopic (exact) mass is 293 g/mol. The molecule has 1 atom stereocenters. The zero-order valence-electron chi connectivity index (χ0n) is 12.9. The van der Waals surface area contributed by atoms with Crippen LogP contribution in [0.1, 0.15) is 50.3 Å². The molecule has 2 rings (SSSR count). The van der Waals surface area contributed by atoms with Crippen LogP contribution in [0.15, 0.2) is 22.5 Å². The van der Waals surface area contributed by atoms with E-state index >= 15 is 0 Å². The number of nitrogens with one attached hydrogen (secondary N) is 2. The lowest BCUT2D eigenvalue weighted by molar-refractivity contribution is 0.131. The third-order valence-electron chi connectivity index (χ3n) is 4.62. The summed E-state index contributed by atoms with van der Waals surface area (Å²) in [7, 11) is 1.85. The first-order chi connectivity index (χ1) is 9.69. The van der Waals surface area contributed by atoms with Gasteiger partial charge in [0, 0.05) is 30.9 Å². The van der Waals surface area contributed by atoms with Gasteiger partial charge in [0.1, 0.15) is 0 Å². The van der Waals surface area contributed by atoms with Crippen molar-refractivity contribution in [3.8, 4) is 0 Å². The van der Waals surface area contributed by atoms with Crippen LogP contribution in [0.2, 0.25) is 0 Å². The standard InChI is InChI=1S/C16H27N3S/c1-4-16(8-6-9-16)12-19-15(17-3)18-11-13(2)14-7-5-10-20-14/h5,7,10,13H,4,6,8-9,11-12H2,1-3H3,(H2,17,18,19). The average Bonchev–Trinajstić information content (AvgIpc) is 2.95. The lowest BCUT2D eigenvalue weighted by Crippen LogP contribution is -2.46. The summed E-state index contributed by atoms with van der Waals surface area (Å²) in [5, 5.41) is 9.09. The fraction of sp³-hybridized carbons (Fsp3) is 0.688. The van der Waals surface area contributed by atoms with Crippen LogP contribution in [0.25, 0.3) is 0 Å². The first-order valence-corrected chi connectivity index (χ1v) is 8.55. The predicted molar refractivity (Wildman–Crippen MR) is 88.7 cm³/mol. The smallest absolute Gasteiger partial charge is 0.191 e. The summed E-state index contributed by atoms with van der Waals surface area (Å²) in [6, 6.07) is 4.32. The van der Waals surface area contributed by atoms with Crippen LogP contribution in [-0.4, -0.2) is 26.1 Å². The fourth-order valence-corrected chi connectivity index (χ4v) is 3.53. The Bertz CT molecular complexity index is 415. The fourth-order valence-electron chi connectivity index (χ4n) is 2.75. The minimum atomic E-state index is 0.525. The highest BCUT2D eigenvalue weighted by Gasteiger charge is 2.34. The van der Waals surface area contributed by atoms with Crippen molar-refractivity contribution in [1.29, 1.82) is 0 Å². The van der Waals surface area contributed by atoms with Crippen LogP contribution in [0, 0.1) is 5.41 Å². The molecule has 1 aromatic rings. The van der Waals surface area contributed by atoms with E-state index in [-0.39, 0.29) is 0 Å². The minimum absolute atomic E-state index is 0.525. The molecule has 20 heavy (non-hydrogen) atoms. The van der Waals surface area contributed by atoms with Gasteiger partial charge in [0.15, 0.2) is 5.96 Å². The normalized spacial score (nSPS) is 19.2. The van der Waals surface area contributed by atoms with Crippen LogP contribution in [0.5, 0.6) is 0 Å². The van der Waals surface area contributed by atoms with Crippen molar-refractivity contribution in [2.75, 3.05) is 20.1 Å². The molecular formula is C16H27N3S. The SMILES string of the molecule is CCC1(CNC(=NC)NCC(C)c2cccs2)CCC1. The molecule has 1 aromatic heterocycles. The Hall–Kier alpha value is -1.03. The number of guanidine groups is 1. The van der Waals surface area contributed by atoms with E-state index in [1.165, 1.54) is 30.6 Å². The van der Waals surface area contributed by atoms with Crippen molar-refractivity contribution in [2.24, 2.45) is 10.4 Å². The predicted octanol–water partition coefficient (Wildman–Crippen LogP) is 3.60. The van der Waals surface area contributed by atoms with E-state index in [0.717, 1.165) is 19.0 Å². The van der Waals surface area contributed by atoms with Crippen molar-refractivity contribution in [1.82, 2.24) is 10.6 Å². The van der Waals surface area contributed by atoms with Gasteiger partial charge in [0.25, 0.3) is 0 Å². The van der Waals surface area contributed by atoms with Crippen molar-refractivity contribution in [2.45, 2.75) is 45.4 Å². The molecule has 1 aliphatic rings. The van der Waals surface area contributed by atoms with Gasteiger partial charge in [-0.2, -0.15) is 0 Å². The lowest BCUT2D eigenvalue weighted by Gasteiger charge is -2.41. The van der Waals surface area contributed by atoms with Gasteiger partial charge in [-0.3, -0.25) is 4.99 Å². The second-order valence-electron chi connectivity index (χ2n) is 5.93. The molecule has 1 fully saturated rings. The summed E-state index contributed by atoms with van der Waals surface area (Å²) >= 11 is 1.82. The maximum absolute atomic E-state index is 4.33. The van der Waals surface area contributed by atoms with Gasteiger partial charge < -0.3 is 10.6 Å². The summed E-state index contributed by atoms with van der Waals surface area (Å²) in [6.07, 6.45) is 5.37. The second kappa shape index (κ2) is 7.11. The maximum Gasteiger partial charge on any atom is 0.191 e. The average molecular weight is 293 g/mol. The molecule has 1 unspecified atom stereocenters. The molecule has 0 amide bonds. The third kappa shape index (κ3) is 3.75. The van der Waals surface area contributed by atoms with Crippen molar-refractivity contribution < 1.29 is 0 Å². The van der Waals surface area contributed by atoms with Crippen LogP contribution in [0.4, 0.5) is 0 Å². The molecule has 0 aromatic carbocycles. The Kier molecular flexibility index (Phi) is 5.46. The molecular weight excluding hydrogens is 266 g/mol. The van der Waals surface area contributed by atoms with Gasteiger partial charge in [-0.1, -0.05) is 26.3 Å². The van der Waals surface area contributed by atoms with Crippen molar-refractivity contribution >= 4 is 17.3 Å². The van der Waals surface area contributed by atoms with Gasteiger partial charge >= 0.3 is 0 Å². The van der Waals surface area contributed by atoms with Gasteiger partial charge in [0.05, 0.1) is 0 Å². The minimum Gasteiger partial charge on any atom is -0.356 e. The van der Waals surface area contributed by atoms with E-state index in [1.54, 1.807) is 0 Å². The molecule has 112 valence electrons. The largest absolute Gasteiger partial charge is 0.356 e. The van der Waals surface area contributed by atoms with Crippen LogP contribution in [-0.2, 0) is 0 Å². The van der Waals surface area contributed by atoms with Crippen LogP contribution >= 0.6 is 11.3 Å². The molecule has 0 bridgehead atoms. The molecule has 0 aliphatic heterocycles. The Balaban J connectivity index is 1.75. The molecule has 1 aliphatic carbocycles. The summed E-state index contributed by atoms with van der Waals surface area (Å²) in [5.41, 5.74) is 0.525. The molecule has 1 heterocycles. The van der Waals surface area contributed by atoms with E-state index in [2.05, 4.69) is 47.0 Å². The Morgan fingerprint density at radius 2 is 2.25 bits per heavy atom. The molecule has 0 saturated heterocycles. The van der Waals surface area contributed by atoms with E-state index in [9.17, 15) is 0 Å². The number of nitrogens with zero attached hydrogens (tertiary/aromatic N) is 1. The summed E-state index contributed by atoms with van der Waals surface area (Å²) in [6.45, 7) is 6.54. The van der Waals surface area contributed by atoms with Crippen LogP contribution < -0.4 is 10.6 Å². The lowest BCUT2D eigenvalue weighted by atomic mass is 9.67. The highest BCUT2D eigenvalue weighted by Crippen LogP contribution is 2.42. The number of hydrogen-bond donors (Lipinski definition) is 2. The summed E-state index contributed by atoms with van der Waals surface area (Å²) in [4.78, 5) is 5.76. The summed E-state index contributed by atoms with van der Waals surface area (Å²) < 4.78 is 0. The first kappa shape index (κ1) is 15.4. The molecule has 2 N–H and O–H groups in total. The zero-order valence-corrected chi connectivity index (χ0v) is 13.7. The molecule has 1 saturated carbocycles. The maximum atomic E-state index is 4.33. The molecule has 4 heteroatoms. The van der Waals surface area contributed by atoms with E-state index in [4.69, 9.17) is 0 Å². The Morgan fingerprint density at radius 3 is 2.75 bits per heavy atom. The highest BCUT2D eigenvalue weighted by atomic mass is 32.1. The van der Waals surface area contributed by atoms with Crippen molar-refractivity contribution in [3.05, 3.63) is 22.4 Å². The molecule has 0 radical (unpaired) electrons. The Morgan fingerprint density at radius 1 is 1.45 bits per heavy atom. The van der Waals surface area contributed by atoms with E-state index < -0.39 is 0 Å². The third-order valence-corrected chi connectivity index (χ3v) is 5.73. The quantitative estimate of drug-likeness (QED) is 0.621. The second-order valence-corrected chi connectivity index (χ2v) is 6.91. The molecule has 3 nitrogen and oxygen atoms in total. The molecule has 0 spiro atoms. The van der Waals surface area contributed by atoms with E-state index in [0.29, 0.717) is 11.3 Å². The van der Waals surface area contributed by atoms with Gasteiger partial charge in [0.2, 0.25) is 0 Å². The topological polar surface area (TPSA) is 36.4 Å². The number of thiophene rings is 1. The summed E-state index contributed by atoms with van der Waals surface area (Å²) in [5.74, 6) is 1.46. The number of aliphatic imine (C=N–C) groups is 1. The number of hydrogen-bond acceptors (Lipinski definition) is 2. The first-order valence-electron chi connectivity index (χ1n) is 7.67. The number of rotatable bonds is 6. The zero-order chi connectivity index (χ0) is 14.4. The van der Waals surface area contributed by atoms with Crippen molar-refractivity contribution in [3.63, 3.8) is 0 Å². The van der Waals surface area contributed by atoms with Gasteiger partial charge in [-0.05, 0) is 36.1 Å². The van der Waals surface area contributed by atoms with E-state index in [1.807, 2.05) is 18.4 Å². The van der Waals surface area contributed by atoms with Gasteiger partial charge in [-0.25, -0.2) is 0 Å². The Labute approximate surface area is 126 Å². The van der Waals surface area contributed by atoms with Gasteiger partial charge in [-0.15, -0.1) is 11.3 Å². The van der Waals surface area contributed by atoms with Crippen LogP contribution in [0.3, 0.4) is 0 Å². The highest BCUT2D eigenvalue weighted by molar-refractivity contribution is 7.10.